The zero-order valence-corrected chi connectivity index (χ0v) is 25.2. The molecule has 3 aromatic rings. The minimum Gasteiger partial charge on any atom is -0.407 e. The maximum Gasteiger partial charge on any atom is 0.261 e. The van der Waals surface area contributed by atoms with E-state index in [1.54, 1.807) is 0 Å². The Morgan fingerprint density at radius 3 is 1.87 bits per heavy atom. The van der Waals surface area contributed by atoms with Crippen molar-refractivity contribution < 1.29 is 13.9 Å². The molecular weight excluding hydrogens is 484 g/mol. The van der Waals surface area contributed by atoms with Crippen molar-refractivity contribution in [3.8, 4) is 0 Å². The van der Waals surface area contributed by atoms with E-state index in [1.165, 1.54) is 15.9 Å². The van der Waals surface area contributed by atoms with E-state index in [2.05, 4.69) is 120 Å². The molecule has 0 aliphatic heterocycles. The zero-order valence-electron chi connectivity index (χ0n) is 24.2. The monoisotopic (exact) mass is 530 g/mol. The third-order valence-electron chi connectivity index (χ3n) is 7.19. The van der Waals surface area contributed by atoms with Crippen molar-refractivity contribution in [2.24, 2.45) is 5.92 Å². The number of benzene rings is 3. The van der Waals surface area contributed by atoms with Crippen molar-refractivity contribution in [2.75, 3.05) is 13.4 Å². The van der Waals surface area contributed by atoms with Gasteiger partial charge in [-0.15, -0.1) is 0 Å². The molecule has 3 rings (SSSR count). The van der Waals surface area contributed by atoms with E-state index in [0.29, 0.717) is 19.3 Å². The molecule has 3 nitrogen and oxygen atoms in total. The fourth-order valence-electron chi connectivity index (χ4n) is 5.05. The van der Waals surface area contributed by atoms with Crippen molar-refractivity contribution in [1.29, 1.82) is 0 Å². The minimum absolute atomic E-state index is 0.0118. The molecule has 0 amide bonds. The average molecular weight is 531 g/mol. The Balaban J connectivity index is 1.63. The smallest absolute Gasteiger partial charge is 0.261 e. The highest BCUT2D eigenvalue weighted by Gasteiger charge is 2.50. The van der Waals surface area contributed by atoms with Crippen LogP contribution < -0.4 is 10.4 Å². The lowest BCUT2D eigenvalue weighted by molar-refractivity contribution is -0.0860. The van der Waals surface area contributed by atoms with Crippen LogP contribution in [-0.2, 0) is 20.5 Å². The third-order valence-corrected chi connectivity index (χ3v) is 12.2. The number of hydrogen-bond donors (Lipinski definition) is 0. The number of ether oxygens (including phenoxy) is 2. The first-order valence-electron chi connectivity index (χ1n) is 13.9. The van der Waals surface area contributed by atoms with E-state index in [1.807, 2.05) is 18.2 Å². The molecule has 0 radical (unpaired) electrons. The molecule has 0 saturated heterocycles. The van der Waals surface area contributed by atoms with Crippen LogP contribution >= 0.6 is 0 Å². The van der Waals surface area contributed by atoms with Gasteiger partial charge < -0.3 is 13.9 Å². The van der Waals surface area contributed by atoms with Gasteiger partial charge in [0.25, 0.3) is 8.32 Å². The second-order valence-corrected chi connectivity index (χ2v) is 15.6. The van der Waals surface area contributed by atoms with Crippen molar-refractivity contribution in [2.45, 2.75) is 72.1 Å². The van der Waals surface area contributed by atoms with Crippen molar-refractivity contribution in [1.82, 2.24) is 0 Å². The van der Waals surface area contributed by atoms with Crippen LogP contribution in [0, 0.1) is 5.92 Å². The highest BCUT2D eigenvalue weighted by molar-refractivity contribution is 6.99. The molecule has 0 saturated carbocycles. The van der Waals surface area contributed by atoms with Gasteiger partial charge in [0.05, 0.1) is 12.7 Å². The second kappa shape index (κ2) is 14.6. The van der Waals surface area contributed by atoms with Gasteiger partial charge in [-0.25, -0.2) is 0 Å². The van der Waals surface area contributed by atoms with E-state index in [-0.39, 0.29) is 11.1 Å². The standard InChI is InChI=1S/C34H46O3Si/c1-7-33(36-27-35-26-30-17-11-8-12-18-30)29(3)24-23-28(2)25-37-38(34(4,5)6,31-19-13-9-14-20-31)32-21-15-10-16-22-32/h8-22,24,28,33H,7,23,25-27H2,1-6H3/b29-24+/t28-,33+/m1/s1. The summed E-state index contributed by atoms with van der Waals surface area (Å²) in [4.78, 5) is 0. The first kappa shape index (κ1) is 30.0. The van der Waals surface area contributed by atoms with Gasteiger partial charge in [-0.1, -0.05) is 132 Å². The van der Waals surface area contributed by atoms with Gasteiger partial charge in [0, 0.05) is 6.61 Å². The van der Waals surface area contributed by atoms with Crippen LogP contribution in [0.25, 0.3) is 0 Å². The maximum atomic E-state index is 7.13. The molecule has 3 aromatic carbocycles. The number of rotatable bonds is 14. The third kappa shape index (κ3) is 8.00. The predicted octanol–water partition coefficient (Wildman–Crippen LogP) is 7.51. The summed E-state index contributed by atoms with van der Waals surface area (Å²) in [6.07, 6.45) is 4.26. The number of allylic oxidation sites excluding steroid dienone is 1. The Hall–Kier alpha value is -2.50. The van der Waals surface area contributed by atoms with Crippen LogP contribution in [0.4, 0.5) is 0 Å². The maximum absolute atomic E-state index is 7.13. The van der Waals surface area contributed by atoms with Crippen LogP contribution in [0.15, 0.2) is 103 Å². The summed E-state index contributed by atoms with van der Waals surface area (Å²) in [7, 11) is -2.51. The quantitative estimate of drug-likeness (QED) is 0.0934. The van der Waals surface area contributed by atoms with Crippen molar-refractivity contribution in [3.63, 3.8) is 0 Å². The molecule has 0 bridgehead atoms. The SMILES string of the molecule is CC[C@H](OCOCc1ccccc1)/C(C)=C/C[C@@H](C)CO[Si](c1ccccc1)(c1ccccc1)C(C)(C)C. The minimum atomic E-state index is -2.51. The van der Waals surface area contributed by atoms with Gasteiger partial charge in [0.1, 0.15) is 6.79 Å². The van der Waals surface area contributed by atoms with Gasteiger partial charge in [0.15, 0.2) is 0 Å². The van der Waals surface area contributed by atoms with Crippen LogP contribution in [0.3, 0.4) is 0 Å². The molecule has 0 aromatic heterocycles. The van der Waals surface area contributed by atoms with Gasteiger partial charge in [-0.2, -0.15) is 0 Å². The first-order valence-corrected chi connectivity index (χ1v) is 15.8. The average Bonchev–Trinajstić information content (AvgIpc) is 2.93. The molecule has 38 heavy (non-hydrogen) atoms. The van der Waals surface area contributed by atoms with Crippen LogP contribution in [0.2, 0.25) is 5.04 Å². The van der Waals surface area contributed by atoms with Crippen LogP contribution in [0.5, 0.6) is 0 Å². The molecule has 0 fully saturated rings. The Bertz CT molecular complexity index is 1050. The fraction of sp³-hybridized carbons (Fsp3) is 0.412. The second-order valence-electron chi connectivity index (χ2n) is 11.3. The van der Waals surface area contributed by atoms with Gasteiger partial charge in [-0.05, 0) is 52.2 Å². The predicted molar refractivity (Wildman–Crippen MR) is 162 cm³/mol. The van der Waals surface area contributed by atoms with Crippen molar-refractivity contribution in [3.05, 3.63) is 108 Å². The van der Waals surface area contributed by atoms with E-state index >= 15 is 0 Å². The molecule has 0 unspecified atom stereocenters. The topological polar surface area (TPSA) is 27.7 Å². The Morgan fingerprint density at radius 1 is 0.842 bits per heavy atom. The highest BCUT2D eigenvalue weighted by Crippen LogP contribution is 2.37. The highest BCUT2D eigenvalue weighted by atomic mass is 28.4. The fourth-order valence-corrected chi connectivity index (χ4v) is 9.74. The summed E-state index contributed by atoms with van der Waals surface area (Å²) in [5, 5.41) is 2.64. The molecule has 4 heteroatoms. The van der Waals surface area contributed by atoms with E-state index in [4.69, 9.17) is 13.9 Å². The normalized spacial score (nSPS) is 14.3. The lowest BCUT2D eigenvalue weighted by Gasteiger charge is -2.43. The molecule has 204 valence electrons. The molecule has 0 spiro atoms. The molecule has 2 atom stereocenters. The lowest BCUT2D eigenvalue weighted by Crippen LogP contribution is -2.66. The summed E-state index contributed by atoms with van der Waals surface area (Å²) >= 11 is 0. The van der Waals surface area contributed by atoms with Gasteiger partial charge in [-0.3, -0.25) is 0 Å². The first-order chi connectivity index (χ1) is 18.3. The summed E-state index contributed by atoms with van der Waals surface area (Å²) in [6.45, 7) is 15.2. The lowest BCUT2D eigenvalue weighted by atomic mass is 10.0. The number of hydrogen-bond acceptors (Lipinski definition) is 3. The molecule has 0 N–H and O–H groups in total. The molecule has 0 aliphatic carbocycles. The summed E-state index contributed by atoms with van der Waals surface area (Å²) in [5.41, 5.74) is 2.42. The van der Waals surface area contributed by atoms with E-state index in [0.717, 1.165) is 25.0 Å². The van der Waals surface area contributed by atoms with Crippen molar-refractivity contribution >= 4 is 18.7 Å². The Morgan fingerprint density at radius 2 is 1.37 bits per heavy atom. The van der Waals surface area contributed by atoms with Crippen LogP contribution in [0.1, 0.15) is 59.9 Å². The van der Waals surface area contributed by atoms with Crippen LogP contribution in [-0.4, -0.2) is 27.8 Å². The summed E-state index contributed by atoms with van der Waals surface area (Å²) < 4.78 is 18.9. The summed E-state index contributed by atoms with van der Waals surface area (Å²) in [6, 6.07) is 31.9. The Labute approximate surface area is 232 Å². The zero-order chi connectivity index (χ0) is 27.4. The largest absolute Gasteiger partial charge is 0.407 e. The Kier molecular flexibility index (Phi) is 11.5. The van der Waals surface area contributed by atoms with E-state index < -0.39 is 8.32 Å². The molecular formula is C34H46O3Si. The van der Waals surface area contributed by atoms with E-state index in [9.17, 15) is 0 Å². The molecule has 0 aliphatic rings. The summed E-state index contributed by atoms with van der Waals surface area (Å²) in [5.74, 6) is 0.387. The molecule has 0 heterocycles. The van der Waals surface area contributed by atoms with Gasteiger partial charge >= 0.3 is 0 Å². The van der Waals surface area contributed by atoms with Gasteiger partial charge in [0.2, 0.25) is 0 Å².